The normalized spacial score (nSPS) is 14.0. The number of pyridine rings is 1. The maximum absolute atomic E-state index is 13.4. The molecule has 0 aliphatic heterocycles. The van der Waals surface area contributed by atoms with E-state index in [9.17, 15) is 44.6 Å². The number of halogens is 9. The Morgan fingerprint density at radius 1 is 0.839 bits per heavy atom. The number of rotatable bonds is 7. The van der Waals surface area contributed by atoms with Crippen molar-refractivity contribution in [1.29, 1.82) is 0 Å². The number of aromatic nitrogens is 1. The summed E-state index contributed by atoms with van der Waals surface area (Å²) in [5.74, 6) is 0. The first-order chi connectivity index (χ1) is 14.2. The molecule has 2 rings (SSSR count). The van der Waals surface area contributed by atoms with Crippen molar-refractivity contribution >= 4 is 0 Å². The van der Waals surface area contributed by atoms with Crippen LogP contribution in [0.2, 0.25) is 0 Å². The molecule has 0 saturated carbocycles. The first kappa shape index (κ1) is 24.9. The molecule has 31 heavy (non-hydrogen) atoms. The average Bonchev–Trinajstić information content (AvgIpc) is 2.65. The predicted molar refractivity (Wildman–Crippen MR) is 92.8 cm³/mol. The summed E-state index contributed by atoms with van der Waals surface area (Å²) in [6.07, 6.45) is -17.0. The number of aliphatic hydroxyl groups excluding tert-OH is 1. The summed E-state index contributed by atoms with van der Waals surface area (Å²) < 4.78 is 114. The van der Waals surface area contributed by atoms with Crippen LogP contribution in [-0.2, 0) is 12.4 Å². The molecule has 0 radical (unpaired) electrons. The Balaban J connectivity index is 2.18. The van der Waals surface area contributed by atoms with Gasteiger partial charge in [0.05, 0.1) is 17.4 Å². The highest BCUT2D eigenvalue weighted by atomic mass is 19.4. The minimum absolute atomic E-state index is 0.00446. The molecule has 1 aromatic heterocycles. The topological polar surface area (TPSA) is 45.1 Å². The highest BCUT2D eigenvalue weighted by Crippen LogP contribution is 2.36. The summed E-state index contributed by atoms with van der Waals surface area (Å²) in [7, 11) is 0. The van der Waals surface area contributed by atoms with Crippen LogP contribution < -0.4 is 5.32 Å². The maximum Gasteiger partial charge on any atom is 0.433 e. The van der Waals surface area contributed by atoms with Crippen molar-refractivity contribution in [2.75, 3.05) is 13.1 Å². The fourth-order valence-electron chi connectivity index (χ4n) is 2.72. The van der Waals surface area contributed by atoms with Crippen molar-refractivity contribution in [2.24, 2.45) is 0 Å². The van der Waals surface area contributed by atoms with E-state index in [-0.39, 0.29) is 24.2 Å². The van der Waals surface area contributed by atoms with Gasteiger partial charge < -0.3 is 10.4 Å². The minimum Gasteiger partial charge on any atom is -0.387 e. The summed E-state index contributed by atoms with van der Waals surface area (Å²) in [6, 6.07) is 5.41. The molecular formula is C19H17F9N2O. The SMILES string of the molecule is O[C@H](CNCCCC(F)(F)F)c1ccc(-c2ccc(C(F)(F)F)cc2)nc1C(F)(F)F. The van der Waals surface area contributed by atoms with Crippen LogP contribution >= 0.6 is 0 Å². The first-order valence-electron chi connectivity index (χ1n) is 8.90. The number of nitrogens with one attached hydrogen (secondary N) is 1. The molecule has 0 spiro atoms. The molecule has 2 aromatic rings. The van der Waals surface area contributed by atoms with E-state index in [0.717, 1.165) is 24.3 Å². The van der Waals surface area contributed by atoms with Crippen LogP contribution in [0.4, 0.5) is 39.5 Å². The van der Waals surface area contributed by atoms with Crippen LogP contribution in [0.1, 0.15) is 35.8 Å². The molecule has 0 fully saturated rings. The summed E-state index contributed by atoms with van der Waals surface area (Å²) >= 11 is 0. The fourth-order valence-corrected chi connectivity index (χ4v) is 2.72. The standard InChI is InChI=1S/C19H17F9N2O/c20-17(21,22)8-1-9-29-10-15(31)13-6-7-14(30-16(13)19(26,27)28)11-2-4-12(5-3-11)18(23,24)25/h2-7,15,29,31H,1,8-10H2/t15-/m1/s1. The molecule has 0 unspecified atom stereocenters. The number of hydrogen-bond acceptors (Lipinski definition) is 3. The van der Waals surface area contributed by atoms with Gasteiger partial charge in [-0.2, -0.15) is 39.5 Å². The fraction of sp³-hybridized carbons (Fsp3) is 0.421. The van der Waals surface area contributed by atoms with Gasteiger partial charge in [-0.15, -0.1) is 0 Å². The molecule has 0 saturated heterocycles. The van der Waals surface area contributed by atoms with E-state index >= 15 is 0 Å². The van der Waals surface area contributed by atoms with E-state index in [4.69, 9.17) is 0 Å². The Bertz CT molecular complexity index is 859. The third kappa shape index (κ3) is 7.39. The lowest BCUT2D eigenvalue weighted by Crippen LogP contribution is -2.26. The Hall–Kier alpha value is -2.34. The van der Waals surface area contributed by atoms with Gasteiger partial charge >= 0.3 is 18.5 Å². The van der Waals surface area contributed by atoms with Crippen molar-refractivity contribution in [3.8, 4) is 11.3 Å². The Morgan fingerprint density at radius 2 is 1.45 bits per heavy atom. The lowest BCUT2D eigenvalue weighted by Gasteiger charge is -2.18. The molecule has 12 heteroatoms. The number of benzene rings is 1. The largest absolute Gasteiger partial charge is 0.433 e. The summed E-state index contributed by atoms with van der Waals surface area (Å²) in [5.41, 5.74) is -3.27. The van der Waals surface area contributed by atoms with Crippen molar-refractivity contribution in [2.45, 2.75) is 37.5 Å². The van der Waals surface area contributed by atoms with Crippen LogP contribution in [0.15, 0.2) is 36.4 Å². The molecule has 0 aliphatic carbocycles. The third-order valence-corrected chi connectivity index (χ3v) is 4.21. The highest BCUT2D eigenvalue weighted by molar-refractivity contribution is 5.60. The quantitative estimate of drug-likeness (QED) is 0.409. The smallest absolute Gasteiger partial charge is 0.387 e. The van der Waals surface area contributed by atoms with E-state index in [0.29, 0.717) is 12.1 Å². The molecule has 1 heterocycles. The molecule has 3 nitrogen and oxygen atoms in total. The van der Waals surface area contributed by atoms with Gasteiger partial charge in [0.25, 0.3) is 0 Å². The van der Waals surface area contributed by atoms with Crippen molar-refractivity contribution in [3.05, 3.63) is 53.2 Å². The van der Waals surface area contributed by atoms with E-state index < -0.39 is 54.4 Å². The zero-order valence-electron chi connectivity index (χ0n) is 15.7. The number of nitrogens with zero attached hydrogens (tertiary/aromatic N) is 1. The highest BCUT2D eigenvalue weighted by Gasteiger charge is 2.37. The number of aliphatic hydroxyl groups is 1. The van der Waals surface area contributed by atoms with Crippen molar-refractivity contribution < 1.29 is 44.6 Å². The van der Waals surface area contributed by atoms with Gasteiger partial charge in [0, 0.05) is 24.1 Å². The zero-order chi connectivity index (χ0) is 23.4. The van der Waals surface area contributed by atoms with Crippen LogP contribution in [0.3, 0.4) is 0 Å². The van der Waals surface area contributed by atoms with Crippen molar-refractivity contribution in [1.82, 2.24) is 10.3 Å². The second kappa shape index (κ2) is 9.43. The Labute approximate surface area is 170 Å². The molecule has 0 bridgehead atoms. The van der Waals surface area contributed by atoms with E-state index in [1.807, 2.05) is 0 Å². The third-order valence-electron chi connectivity index (χ3n) is 4.21. The van der Waals surface area contributed by atoms with Gasteiger partial charge in [-0.3, -0.25) is 0 Å². The summed E-state index contributed by atoms with van der Waals surface area (Å²) in [6.45, 7) is -0.614. The molecule has 0 aliphatic rings. The number of alkyl halides is 9. The Kier molecular flexibility index (Phi) is 7.58. The van der Waals surface area contributed by atoms with Crippen LogP contribution in [0, 0.1) is 0 Å². The molecule has 1 aromatic carbocycles. The van der Waals surface area contributed by atoms with Gasteiger partial charge in [0.15, 0.2) is 5.69 Å². The second-order valence-electron chi connectivity index (χ2n) is 6.65. The molecular weight excluding hydrogens is 443 g/mol. The van der Waals surface area contributed by atoms with Gasteiger partial charge in [0.1, 0.15) is 0 Å². The molecule has 172 valence electrons. The van der Waals surface area contributed by atoms with Crippen LogP contribution in [0.5, 0.6) is 0 Å². The maximum atomic E-state index is 13.4. The van der Waals surface area contributed by atoms with Gasteiger partial charge in [-0.05, 0) is 31.2 Å². The first-order valence-corrected chi connectivity index (χ1v) is 8.90. The van der Waals surface area contributed by atoms with Gasteiger partial charge in [0.2, 0.25) is 0 Å². The van der Waals surface area contributed by atoms with E-state index in [1.165, 1.54) is 0 Å². The Morgan fingerprint density at radius 3 is 1.97 bits per heavy atom. The zero-order valence-corrected chi connectivity index (χ0v) is 15.7. The van der Waals surface area contributed by atoms with Gasteiger partial charge in [-0.1, -0.05) is 18.2 Å². The van der Waals surface area contributed by atoms with Crippen LogP contribution in [-0.4, -0.2) is 29.4 Å². The monoisotopic (exact) mass is 460 g/mol. The van der Waals surface area contributed by atoms with Gasteiger partial charge in [-0.25, -0.2) is 4.98 Å². The lowest BCUT2D eigenvalue weighted by atomic mass is 10.0. The molecule has 0 amide bonds. The summed E-state index contributed by atoms with van der Waals surface area (Å²) in [5, 5.41) is 12.5. The predicted octanol–water partition coefficient (Wildman–Crippen LogP) is 5.75. The van der Waals surface area contributed by atoms with Crippen LogP contribution in [0.25, 0.3) is 11.3 Å². The second-order valence-corrected chi connectivity index (χ2v) is 6.65. The minimum atomic E-state index is -4.98. The molecule has 2 N–H and O–H groups in total. The van der Waals surface area contributed by atoms with E-state index in [1.54, 1.807) is 0 Å². The van der Waals surface area contributed by atoms with E-state index in [2.05, 4.69) is 10.3 Å². The number of hydrogen-bond donors (Lipinski definition) is 2. The lowest BCUT2D eigenvalue weighted by molar-refractivity contribution is -0.143. The van der Waals surface area contributed by atoms with Crippen molar-refractivity contribution in [3.63, 3.8) is 0 Å². The average molecular weight is 460 g/mol. The molecule has 1 atom stereocenters. The summed E-state index contributed by atoms with van der Waals surface area (Å²) in [4.78, 5) is 3.46.